The number of nitrogens with zero attached hydrogens (tertiary/aromatic N) is 3. The number of alkyl halides is 1. The van der Waals surface area contributed by atoms with E-state index in [4.69, 9.17) is 36.4 Å². The van der Waals surface area contributed by atoms with E-state index in [0.717, 1.165) is 16.9 Å². The van der Waals surface area contributed by atoms with Gasteiger partial charge in [0, 0.05) is 10.2 Å². The maximum atomic E-state index is 13.7. The molecule has 0 bridgehead atoms. The van der Waals surface area contributed by atoms with Crippen LogP contribution in [0.1, 0.15) is 45.9 Å². The molecule has 2 atom stereocenters. The Labute approximate surface area is 304 Å². The highest BCUT2D eigenvalue weighted by Crippen LogP contribution is 2.41. The Balaban J connectivity index is 1.55. The predicted octanol–water partition coefficient (Wildman–Crippen LogP) is 4.62. The number of anilines is 1. The molecule has 2 amide bonds. The van der Waals surface area contributed by atoms with Gasteiger partial charge in [0.2, 0.25) is 5.60 Å². The predicted molar refractivity (Wildman–Crippen MR) is 192 cm³/mol. The number of thiazole rings is 1. The van der Waals surface area contributed by atoms with Gasteiger partial charge in [0.15, 0.2) is 10.8 Å². The van der Waals surface area contributed by atoms with E-state index in [0.29, 0.717) is 21.5 Å². The summed E-state index contributed by atoms with van der Waals surface area (Å²) in [7, 11) is 1.56. The molecular weight excluding hydrogens is 797 g/mol. The van der Waals surface area contributed by atoms with Gasteiger partial charge in [-0.05, 0) is 57.9 Å². The van der Waals surface area contributed by atoms with E-state index in [-0.39, 0.29) is 27.5 Å². The van der Waals surface area contributed by atoms with Crippen molar-refractivity contribution in [2.45, 2.75) is 63.8 Å². The summed E-state index contributed by atoms with van der Waals surface area (Å²) in [6.07, 6.45) is 3.67. The number of allylic oxidation sites excluding steroid dienone is 2. The topological polar surface area (TPSA) is 172 Å². The van der Waals surface area contributed by atoms with E-state index < -0.39 is 52.1 Å². The number of nitrogen functional groups attached to an aromatic ring is 1. The lowest BCUT2D eigenvalue weighted by Gasteiger charge is -2.49. The summed E-state index contributed by atoms with van der Waals surface area (Å²) >= 11 is 10.8. The third-order valence-electron chi connectivity index (χ3n) is 6.71. The van der Waals surface area contributed by atoms with Crippen LogP contribution in [0.2, 0.25) is 4.34 Å². The minimum Gasteiger partial charge on any atom is -0.497 e. The maximum absolute atomic E-state index is 13.7. The number of carbonyl (C=O) groups excluding carboxylic acids is 4. The van der Waals surface area contributed by atoms with Crippen LogP contribution in [0.3, 0.4) is 0 Å². The van der Waals surface area contributed by atoms with Gasteiger partial charge in [-0.1, -0.05) is 75.0 Å². The number of methoxy groups -OCH3 is 1. The number of nitrogens with two attached hydrogens (primary N) is 1. The maximum Gasteiger partial charge on any atom is 0.355 e. The number of esters is 2. The number of benzene rings is 1. The first kappa shape index (κ1) is 37.5. The van der Waals surface area contributed by atoms with Gasteiger partial charge in [-0.25, -0.2) is 14.6 Å². The smallest absolute Gasteiger partial charge is 0.355 e. The Hall–Kier alpha value is -3.35. The molecule has 1 aromatic heterocycles. The van der Waals surface area contributed by atoms with E-state index in [2.05, 4.69) is 38.0 Å². The van der Waals surface area contributed by atoms with Crippen molar-refractivity contribution in [3.63, 3.8) is 0 Å². The molecular formula is C31H35ClIN5O8S2. The zero-order valence-electron chi connectivity index (χ0n) is 27.0. The molecule has 17 heteroatoms. The van der Waals surface area contributed by atoms with Crippen LogP contribution in [0.15, 0.2) is 52.8 Å². The van der Waals surface area contributed by atoms with Gasteiger partial charge < -0.3 is 30.1 Å². The van der Waals surface area contributed by atoms with Crippen LogP contribution < -0.4 is 15.8 Å². The molecule has 258 valence electrons. The monoisotopic (exact) mass is 831 g/mol. The van der Waals surface area contributed by atoms with Gasteiger partial charge >= 0.3 is 11.9 Å². The lowest BCUT2D eigenvalue weighted by Crippen LogP contribution is -2.71. The summed E-state index contributed by atoms with van der Waals surface area (Å²) in [6.45, 7) is 7.93. The van der Waals surface area contributed by atoms with Crippen LogP contribution in [-0.2, 0) is 40.1 Å². The van der Waals surface area contributed by atoms with Gasteiger partial charge in [0.25, 0.3) is 11.8 Å². The zero-order chi connectivity index (χ0) is 35.4. The average molecular weight is 832 g/mol. The molecule has 13 nitrogen and oxygen atoms in total. The first-order chi connectivity index (χ1) is 22.6. The summed E-state index contributed by atoms with van der Waals surface area (Å²) in [5.74, 6) is -1.75. The molecule has 1 aromatic carbocycles. The number of halogens is 2. The Kier molecular flexibility index (Phi) is 12.1. The second-order valence-corrected chi connectivity index (χ2v) is 15.6. The molecule has 2 aliphatic heterocycles. The van der Waals surface area contributed by atoms with E-state index >= 15 is 0 Å². The van der Waals surface area contributed by atoms with Crippen molar-refractivity contribution < 1.29 is 38.2 Å². The molecule has 48 heavy (non-hydrogen) atoms. The van der Waals surface area contributed by atoms with Crippen LogP contribution >= 0.6 is 57.3 Å². The molecule has 0 spiro atoms. The number of oxime groups is 1. The highest BCUT2D eigenvalue weighted by Gasteiger charge is 2.54. The summed E-state index contributed by atoms with van der Waals surface area (Å²) in [4.78, 5) is 64.5. The molecule has 3 heterocycles. The molecule has 0 radical (unpaired) electrons. The van der Waals surface area contributed by atoms with Crippen molar-refractivity contribution in [2.75, 3.05) is 23.0 Å². The Morgan fingerprint density at radius 2 is 1.90 bits per heavy atom. The van der Waals surface area contributed by atoms with Crippen LogP contribution in [0.4, 0.5) is 5.13 Å². The third kappa shape index (κ3) is 8.81. The van der Waals surface area contributed by atoms with Crippen molar-refractivity contribution in [3.05, 3.63) is 63.3 Å². The Morgan fingerprint density at radius 3 is 2.48 bits per heavy atom. The third-order valence-corrected chi connectivity index (χ3v) is 9.61. The summed E-state index contributed by atoms with van der Waals surface area (Å²) in [5, 5.41) is 6.07. The molecule has 0 aliphatic carbocycles. The second kappa shape index (κ2) is 15.5. The fraction of sp³-hybridized carbons (Fsp3) is 0.419. The summed E-state index contributed by atoms with van der Waals surface area (Å²) in [5.41, 5.74) is 4.38. The molecule has 1 unspecified atom stereocenters. The molecule has 1 saturated heterocycles. The highest BCUT2D eigenvalue weighted by molar-refractivity contribution is 14.1. The van der Waals surface area contributed by atoms with Gasteiger partial charge in [0.05, 0.1) is 7.11 Å². The van der Waals surface area contributed by atoms with Crippen LogP contribution in [-0.4, -0.2) is 79.3 Å². The largest absolute Gasteiger partial charge is 0.497 e. The van der Waals surface area contributed by atoms with Gasteiger partial charge in [0.1, 0.15) is 45.1 Å². The lowest BCUT2D eigenvalue weighted by atomic mass is 10.0. The number of carbonyl (C=O) groups is 4. The normalized spacial score (nSPS) is 18.3. The van der Waals surface area contributed by atoms with Crippen LogP contribution in [0, 0.1) is 0 Å². The number of β-lactam (4-membered cyclic amide) rings is 1. The van der Waals surface area contributed by atoms with E-state index in [9.17, 15) is 19.2 Å². The van der Waals surface area contributed by atoms with Gasteiger partial charge in [-0.2, -0.15) is 0 Å². The number of nitrogens with one attached hydrogen (secondary N) is 1. The molecule has 1 fully saturated rings. The van der Waals surface area contributed by atoms with Crippen LogP contribution in [0.5, 0.6) is 5.75 Å². The zero-order valence-corrected chi connectivity index (χ0v) is 31.5. The first-order valence-electron chi connectivity index (χ1n) is 14.5. The number of aromatic nitrogens is 1. The number of hydrogen-bond donors (Lipinski definition) is 2. The average Bonchev–Trinajstić information content (AvgIpc) is 3.37. The van der Waals surface area contributed by atoms with Crippen LogP contribution in [0.25, 0.3) is 0 Å². The standard InChI is InChI=1S/C31H35ClIN5O8S2/c1-30(2,3)45-28(42)31(4,5)46-37-20(19-23(32)48-29(34)36-19)24(39)35-21-25(40)38-22(17(8-7-13-33)15-47-26(21)38)27(41)44-14-16-9-11-18(43-6)12-10-16/h7-12,21,26H,13-15H2,1-6H3,(H2,34,36)(H,35,39)/b8-7+,37-20-/t21-,26?/m1/s1. The highest BCUT2D eigenvalue weighted by atomic mass is 127. The van der Waals surface area contributed by atoms with Crippen molar-refractivity contribution >= 4 is 91.9 Å². The minimum atomic E-state index is -1.61. The van der Waals surface area contributed by atoms with Gasteiger partial charge in [-0.3, -0.25) is 14.5 Å². The SMILES string of the molecule is COc1ccc(COC(=O)C2=C(/C=C/CI)CSC3[C@H](NC(=O)/C(=N\OC(C)(C)C(=O)OC(C)(C)C)c4nc(N)sc4Cl)C(=O)N23)cc1. The van der Waals surface area contributed by atoms with Crippen molar-refractivity contribution in [1.29, 1.82) is 0 Å². The second-order valence-electron chi connectivity index (χ2n) is 11.9. The number of ether oxygens (including phenoxy) is 3. The lowest BCUT2D eigenvalue weighted by molar-refractivity contribution is -0.179. The Bertz CT molecular complexity index is 1670. The number of hydrogen-bond acceptors (Lipinski definition) is 13. The van der Waals surface area contributed by atoms with E-state index in [1.165, 1.54) is 30.5 Å². The molecule has 4 rings (SSSR count). The summed E-state index contributed by atoms with van der Waals surface area (Å²) < 4.78 is 16.9. The number of amides is 2. The number of fused-ring (bicyclic) bond motifs is 1. The van der Waals surface area contributed by atoms with Crippen molar-refractivity contribution in [2.24, 2.45) is 5.16 Å². The van der Waals surface area contributed by atoms with Crippen molar-refractivity contribution in [3.8, 4) is 5.75 Å². The fourth-order valence-corrected chi connectivity index (χ4v) is 6.85. The fourth-order valence-electron chi connectivity index (χ4n) is 4.35. The molecule has 2 aliphatic rings. The van der Waals surface area contributed by atoms with E-state index in [1.54, 1.807) is 58.2 Å². The molecule has 0 saturated carbocycles. The van der Waals surface area contributed by atoms with Crippen molar-refractivity contribution in [1.82, 2.24) is 15.2 Å². The van der Waals surface area contributed by atoms with Gasteiger partial charge in [-0.15, -0.1) is 11.8 Å². The number of rotatable bonds is 12. The first-order valence-corrected chi connectivity index (χ1v) is 18.3. The molecule has 2 aromatic rings. The minimum absolute atomic E-state index is 0.0212. The summed E-state index contributed by atoms with van der Waals surface area (Å²) in [6, 6.07) is 6.02. The quantitative estimate of drug-likeness (QED) is 0.0764. The number of thioether (sulfide) groups is 1. The van der Waals surface area contributed by atoms with E-state index in [1.807, 2.05) is 6.08 Å². The molecule has 3 N–H and O–H groups in total. The Morgan fingerprint density at radius 1 is 1.21 bits per heavy atom.